The van der Waals surface area contributed by atoms with Crippen LogP contribution in [0, 0.1) is 12.7 Å². The van der Waals surface area contributed by atoms with E-state index in [1.54, 1.807) is 31.2 Å². The second-order valence-electron chi connectivity index (χ2n) is 5.21. The highest BCUT2D eigenvalue weighted by molar-refractivity contribution is 5.97. The highest BCUT2D eigenvalue weighted by Gasteiger charge is 2.12. The molecule has 0 aliphatic carbocycles. The Morgan fingerprint density at radius 3 is 2.62 bits per heavy atom. The minimum atomic E-state index is -0.352. The van der Waals surface area contributed by atoms with Crippen molar-refractivity contribution in [3.8, 4) is 5.75 Å². The lowest BCUT2D eigenvalue weighted by atomic mass is 10.2. The smallest absolute Gasteiger partial charge is 0.255 e. The summed E-state index contributed by atoms with van der Waals surface area (Å²) in [4.78, 5) is 24.0. The Labute approximate surface area is 139 Å². The second-order valence-corrected chi connectivity index (χ2v) is 5.21. The van der Waals surface area contributed by atoms with Gasteiger partial charge in [-0.15, -0.1) is 0 Å². The maximum absolute atomic E-state index is 13.0. The van der Waals surface area contributed by atoms with Crippen molar-refractivity contribution in [2.75, 3.05) is 19.0 Å². The topological polar surface area (TPSA) is 67.4 Å². The molecule has 0 spiro atoms. The van der Waals surface area contributed by atoms with Crippen LogP contribution in [0.4, 0.5) is 10.1 Å². The zero-order valence-electron chi connectivity index (χ0n) is 13.6. The third-order valence-electron chi connectivity index (χ3n) is 3.45. The molecule has 24 heavy (non-hydrogen) atoms. The van der Waals surface area contributed by atoms with Gasteiger partial charge in [0.05, 0.1) is 12.7 Å². The number of halogens is 1. The Hall–Kier alpha value is -2.89. The average molecular weight is 330 g/mol. The van der Waals surface area contributed by atoms with Gasteiger partial charge < -0.3 is 15.4 Å². The number of ether oxygens (including phenoxy) is 1. The van der Waals surface area contributed by atoms with Crippen molar-refractivity contribution in [2.24, 2.45) is 0 Å². The molecule has 0 aliphatic rings. The van der Waals surface area contributed by atoms with Crippen molar-refractivity contribution >= 4 is 17.5 Å². The maximum Gasteiger partial charge on any atom is 0.255 e. The largest absolute Gasteiger partial charge is 0.496 e. The van der Waals surface area contributed by atoms with Crippen LogP contribution in [0.5, 0.6) is 5.75 Å². The molecule has 2 rings (SSSR count). The molecule has 0 saturated carbocycles. The third-order valence-corrected chi connectivity index (χ3v) is 3.45. The maximum atomic E-state index is 13.0. The first-order valence-corrected chi connectivity index (χ1v) is 7.48. The van der Waals surface area contributed by atoms with Crippen LogP contribution < -0.4 is 15.4 Å². The fraction of sp³-hybridized carbons (Fsp3) is 0.222. The molecule has 6 heteroatoms. The van der Waals surface area contributed by atoms with E-state index >= 15 is 0 Å². The van der Waals surface area contributed by atoms with Crippen molar-refractivity contribution in [2.45, 2.75) is 13.3 Å². The van der Waals surface area contributed by atoms with Crippen molar-refractivity contribution in [3.05, 3.63) is 59.4 Å². The lowest BCUT2D eigenvalue weighted by Crippen LogP contribution is -2.28. The lowest BCUT2D eigenvalue weighted by molar-refractivity contribution is -0.116. The number of hydrogen-bond donors (Lipinski definition) is 2. The zero-order valence-corrected chi connectivity index (χ0v) is 13.6. The summed E-state index contributed by atoms with van der Waals surface area (Å²) in [7, 11) is 1.49. The van der Waals surface area contributed by atoms with Gasteiger partial charge in [0, 0.05) is 18.7 Å². The summed E-state index contributed by atoms with van der Waals surface area (Å²) >= 11 is 0. The molecule has 0 radical (unpaired) electrons. The first-order chi connectivity index (χ1) is 11.5. The SMILES string of the molecule is COc1ccccc1C(=O)NCCC(=O)Nc1ccc(F)cc1C. The van der Waals surface area contributed by atoms with Gasteiger partial charge in [0.25, 0.3) is 5.91 Å². The van der Waals surface area contributed by atoms with Gasteiger partial charge in [-0.25, -0.2) is 4.39 Å². The van der Waals surface area contributed by atoms with Crippen LogP contribution in [-0.2, 0) is 4.79 Å². The molecule has 2 aromatic rings. The van der Waals surface area contributed by atoms with E-state index < -0.39 is 0 Å². The van der Waals surface area contributed by atoms with E-state index in [2.05, 4.69) is 10.6 Å². The Morgan fingerprint density at radius 1 is 1.17 bits per heavy atom. The van der Waals surface area contributed by atoms with Crippen molar-refractivity contribution in [1.82, 2.24) is 5.32 Å². The predicted octanol–water partition coefficient (Wildman–Crippen LogP) is 2.90. The Balaban J connectivity index is 1.85. The fourth-order valence-electron chi connectivity index (χ4n) is 2.20. The summed E-state index contributed by atoms with van der Waals surface area (Å²) < 4.78 is 18.2. The molecule has 2 aromatic carbocycles. The average Bonchev–Trinajstić information content (AvgIpc) is 2.57. The Kier molecular flexibility index (Phi) is 5.89. The number of rotatable bonds is 6. The summed E-state index contributed by atoms with van der Waals surface area (Å²) in [5.41, 5.74) is 1.61. The summed E-state index contributed by atoms with van der Waals surface area (Å²) in [6, 6.07) is 11.0. The first kappa shape index (κ1) is 17.5. The highest BCUT2D eigenvalue weighted by atomic mass is 19.1. The lowest BCUT2D eigenvalue weighted by Gasteiger charge is -2.10. The van der Waals surface area contributed by atoms with Crippen LogP contribution in [0.25, 0.3) is 0 Å². The number of carbonyl (C=O) groups excluding carboxylic acids is 2. The van der Waals surface area contributed by atoms with Crippen LogP contribution in [0.15, 0.2) is 42.5 Å². The molecule has 2 amide bonds. The van der Waals surface area contributed by atoms with Gasteiger partial charge in [-0.05, 0) is 42.8 Å². The van der Waals surface area contributed by atoms with E-state index in [0.29, 0.717) is 22.6 Å². The highest BCUT2D eigenvalue weighted by Crippen LogP contribution is 2.17. The van der Waals surface area contributed by atoms with E-state index in [1.165, 1.54) is 25.3 Å². The Bertz CT molecular complexity index is 747. The molecule has 0 saturated heterocycles. The van der Waals surface area contributed by atoms with Gasteiger partial charge in [-0.3, -0.25) is 9.59 Å². The molecule has 0 bridgehead atoms. The predicted molar refractivity (Wildman–Crippen MR) is 89.7 cm³/mol. The number of nitrogens with one attached hydrogen (secondary N) is 2. The van der Waals surface area contributed by atoms with Crippen LogP contribution >= 0.6 is 0 Å². The molecule has 0 atom stereocenters. The monoisotopic (exact) mass is 330 g/mol. The van der Waals surface area contributed by atoms with Crippen molar-refractivity contribution < 1.29 is 18.7 Å². The number of benzene rings is 2. The van der Waals surface area contributed by atoms with E-state index in [4.69, 9.17) is 4.74 Å². The number of carbonyl (C=O) groups is 2. The van der Waals surface area contributed by atoms with Gasteiger partial charge in [0.1, 0.15) is 11.6 Å². The van der Waals surface area contributed by atoms with Crippen LogP contribution in [-0.4, -0.2) is 25.5 Å². The first-order valence-electron chi connectivity index (χ1n) is 7.48. The summed E-state index contributed by atoms with van der Waals surface area (Å²) in [5.74, 6) is -0.445. The summed E-state index contributed by atoms with van der Waals surface area (Å²) in [6.07, 6.45) is 0.109. The molecule has 0 unspecified atom stereocenters. The molecule has 126 valence electrons. The van der Waals surface area contributed by atoms with Gasteiger partial charge in [0.2, 0.25) is 5.91 Å². The standard InChI is InChI=1S/C18H19FN2O3/c1-12-11-13(19)7-8-15(12)21-17(22)9-10-20-18(23)14-5-3-4-6-16(14)24-2/h3-8,11H,9-10H2,1-2H3,(H,20,23)(H,21,22). The van der Waals surface area contributed by atoms with Gasteiger partial charge >= 0.3 is 0 Å². The van der Waals surface area contributed by atoms with Gasteiger partial charge in [0.15, 0.2) is 0 Å². The van der Waals surface area contributed by atoms with Crippen LogP contribution in [0.1, 0.15) is 22.3 Å². The molecule has 0 fully saturated rings. The minimum Gasteiger partial charge on any atom is -0.496 e. The van der Waals surface area contributed by atoms with E-state index in [-0.39, 0.29) is 30.6 Å². The minimum absolute atomic E-state index is 0.109. The van der Waals surface area contributed by atoms with E-state index in [0.717, 1.165) is 0 Å². The van der Waals surface area contributed by atoms with Crippen molar-refractivity contribution in [1.29, 1.82) is 0 Å². The zero-order chi connectivity index (χ0) is 17.5. The van der Waals surface area contributed by atoms with Gasteiger partial charge in [-0.2, -0.15) is 0 Å². The third kappa shape index (κ3) is 4.55. The number of amides is 2. The summed E-state index contributed by atoms with van der Waals surface area (Å²) in [6.45, 7) is 1.89. The van der Waals surface area contributed by atoms with Crippen LogP contribution in [0.2, 0.25) is 0 Å². The van der Waals surface area contributed by atoms with E-state index in [1.807, 2.05) is 0 Å². The number of aryl methyl sites for hydroxylation is 1. The number of methoxy groups -OCH3 is 1. The fourth-order valence-corrected chi connectivity index (χ4v) is 2.20. The number of anilines is 1. The number of para-hydroxylation sites is 1. The second kappa shape index (κ2) is 8.10. The van der Waals surface area contributed by atoms with Crippen LogP contribution in [0.3, 0.4) is 0 Å². The van der Waals surface area contributed by atoms with Crippen molar-refractivity contribution in [3.63, 3.8) is 0 Å². The number of hydrogen-bond acceptors (Lipinski definition) is 3. The molecule has 5 nitrogen and oxygen atoms in total. The molecule has 2 N–H and O–H groups in total. The van der Waals surface area contributed by atoms with Gasteiger partial charge in [-0.1, -0.05) is 12.1 Å². The van der Waals surface area contributed by atoms with E-state index in [9.17, 15) is 14.0 Å². The quantitative estimate of drug-likeness (QED) is 0.856. The molecule has 0 heterocycles. The Morgan fingerprint density at radius 2 is 1.92 bits per heavy atom. The summed E-state index contributed by atoms with van der Waals surface area (Å²) in [5, 5.41) is 5.37. The molecular weight excluding hydrogens is 311 g/mol. The molecular formula is C18H19FN2O3. The normalized spacial score (nSPS) is 10.1. The molecule has 0 aliphatic heterocycles. The molecule has 0 aromatic heterocycles.